The van der Waals surface area contributed by atoms with Crippen molar-refractivity contribution in [1.29, 1.82) is 0 Å². The third-order valence-corrected chi connectivity index (χ3v) is 4.73. The maximum Gasteiger partial charge on any atom is 0.266 e. The van der Waals surface area contributed by atoms with Crippen LogP contribution >= 0.6 is 0 Å². The molecule has 1 saturated carbocycles. The van der Waals surface area contributed by atoms with Crippen LogP contribution in [0.4, 0.5) is 8.78 Å². The van der Waals surface area contributed by atoms with Crippen molar-refractivity contribution in [3.63, 3.8) is 0 Å². The first-order chi connectivity index (χ1) is 10.2. The highest BCUT2D eigenvalue weighted by Crippen LogP contribution is 2.37. The topological polar surface area (TPSA) is 0 Å². The first kappa shape index (κ1) is 16.2. The average molecular weight is 292 g/mol. The molecule has 0 aromatic heterocycles. The molecule has 2 heteroatoms. The van der Waals surface area contributed by atoms with E-state index >= 15 is 0 Å². The highest BCUT2D eigenvalue weighted by Gasteiger charge is 2.21. The van der Waals surface area contributed by atoms with Crippen LogP contribution in [0.2, 0.25) is 0 Å². The van der Waals surface area contributed by atoms with Crippen molar-refractivity contribution in [2.24, 2.45) is 5.92 Å². The van der Waals surface area contributed by atoms with E-state index in [1.54, 1.807) is 0 Å². The van der Waals surface area contributed by atoms with Crippen LogP contribution in [-0.2, 0) is 6.42 Å². The molecule has 0 saturated heterocycles. The van der Waals surface area contributed by atoms with E-state index in [-0.39, 0.29) is 0 Å². The molecule has 0 nitrogen and oxygen atoms in total. The Hall–Kier alpha value is -1.18. The molecule has 0 spiro atoms. The first-order valence-electron chi connectivity index (χ1n) is 8.29. The monoisotopic (exact) mass is 292 g/mol. The van der Waals surface area contributed by atoms with E-state index in [1.165, 1.54) is 44.1 Å². The maximum atomic E-state index is 12.0. The van der Waals surface area contributed by atoms with Gasteiger partial charge in [0.05, 0.1) is 0 Å². The van der Waals surface area contributed by atoms with Crippen LogP contribution in [0.5, 0.6) is 0 Å². The maximum absolute atomic E-state index is 12.0. The van der Waals surface area contributed by atoms with Crippen molar-refractivity contribution in [3.05, 3.63) is 47.5 Å². The minimum Gasteiger partial charge on any atom is -0.174 e. The second-order valence-electron chi connectivity index (χ2n) is 6.28. The molecule has 0 amide bonds. The van der Waals surface area contributed by atoms with Gasteiger partial charge < -0.3 is 0 Å². The van der Waals surface area contributed by atoms with E-state index in [2.05, 4.69) is 31.2 Å². The molecule has 0 N–H and O–H groups in total. The molecule has 21 heavy (non-hydrogen) atoms. The fraction of sp³-hybridized carbons (Fsp3) is 0.579. The summed E-state index contributed by atoms with van der Waals surface area (Å²) < 4.78 is 24.0. The van der Waals surface area contributed by atoms with Crippen LogP contribution in [0.3, 0.4) is 0 Å². The fourth-order valence-corrected chi connectivity index (χ4v) is 3.50. The van der Waals surface area contributed by atoms with E-state index in [0.29, 0.717) is 18.8 Å². The Labute approximate surface area is 127 Å². The van der Waals surface area contributed by atoms with Gasteiger partial charge in [0.1, 0.15) is 0 Å². The molecule has 1 aromatic rings. The van der Waals surface area contributed by atoms with Gasteiger partial charge >= 0.3 is 0 Å². The van der Waals surface area contributed by atoms with Crippen molar-refractivity contribution < 1.29 is 8.78 Å². The summed E-state index contributed by atoms with van der Waals surface area (Å²) in [6, 6.07) is 8.63. The van der Waals surface area contributed by atoms with Crippen molar-refractivity contribution in [3.8, 4) is 0 Å². The lowest BCUT2D eigenvalue weighted by Gasteiger charge is -2.28. The highest BCUT2D eigenvalue weighted by molar-refractivity contribution is 5.26. The summed E-state index contributed by atoms with van der Waals surface area (Å²) >= 11 is 0. The number of benzene rings is 1. The predicted octanol–water partition coefficient (Wildman–Crippen LogP) is 6.47. The number of allylic oxidation sites excluding steroid dienone is 1. The van der Waals surface area contributed by atoms with E-state index in [1.807, 2.05) is 0 Å². The minimum atomic E-state index is -1.57. The van der Waals surface area contributed by atoms with Gasteiger partial charge in [-0.05, 0) is 67.6 Å². The van der Waals surface area contributed by atoms with Crippen LogP contribution in [0.15, 0.2) is 36.4 Å². The van der Waals surface area contributed by atoms with E-state index in [4.69, 9.17) is 0 Å². The molecule has 0 bridgehead atoms. The summed E-state index contributed by atoms with van der Waals surface area (Å²) in [5, 5.41) is 0. The van der Waals surface area contributed by atoms with Gasteiger partial charge in [0.2, 0.25) is 0 Å². The molecular weight excluding hydrogens is 266 g/mol. The Morgan fingerprint density at radius 3 is 2.33 bits per heavy atom. The quantitative estimate of drug-likeness (QED) is 0.563. The summed E-state index contributed by atoms with van der Waals surface area (Å²) in [4.78, 5) is 0. The summed E-state index contributed by atoms with van der Waals surface area (Å²) in [5.74, 6) is 1.64. The normalized spacial score (nSPS) is 22.0. The van der Waals surface area contributed by atoms with Gasteiger partial charge in [-0.15, -0.1) is 0 Å². The Kier molecular flexibility index (Phi) is 6.41. The lowest BCUT2D eigenvalue weighted by Crippen LogP contribution is -2.13. The molecule has 1 aromatic carbocycles. The molecule has 1 aliphatic rings. The largest absolute Gasteiger partial charge is 0.266 e. The number of rotatable bonds is 6. The van der Waals surface area contributed by atoms with E-state index < -0.39 is 6.08 Å². The van der Waals surface area contributed by atoms with Crippen molar-refractivity contribution in [2.45, 2.75) is 64.2 Å². The molecule has 0 radical (unpaired) electrons. The van der Waals surface area contributed by atoms with Gasteiger partial charge in [-0.3, -0.25) is 0 Å². The van der Waals surface area contributed by atoms with Crippen LogP contribution in [0.25, 0.3) is 0 Å². The molecule has 2 rings (SSSR count). The smallest absolute Gasteiger partial charge is 0.174 e. The standard InChI is InChI=1S/C19H26F2/c1-2-4-15-7-11-17(12-8-15)18-13-9-16(10-14-18)5-3-6-19(20)21/h6,9-10,13-15,17H,2-5,7-8,11-12H2,1H3. The summed E-state index contributed by atoms with van der Waals surface area (Å²) in [5.41, 5.74) is 2.58. The predicted molar refractivity (Wildman–Crippen MR) is 84.7 cm³/mol. The lowest BCUT2D eigenvalue weighted by molar-refractivity contribution is 0.308. The molecule has 1 fully saturated rings. The van der Waals surface area contributed by atoms with Crippen molar-refractivity contribution >= 4 is 0 Å². The second kappa shape index (κ2) is 8.31. The average Bonchev–Trinajstić information content (AvgIpc) is 2.49. The van der Waals surface area contributed by atoms with Gasteiger partial charge in [-0.25, -0.2) is 0 Å². The zero-order valence-corrected chi connectivity index (χ0v) is 13.0. The van der Waals surface area contributed by atoms with Crippen LogP contribution in [-0.4, -0.2) is 0 Å². The van der Waals surface area contributed by atoms with Crippen molar-refractivity contribution in [1.82, 2.24) is 0 Å². The van der Waals surface area contributed by atoms with Gasteiger partial charge in [-0.2, -0.15) is 8.78 Å². The molecule has 0 aliphatic heterocycles. The van der Waals surface area contributed by atoms with Crippen LogP contribution in [0.1, 0.15) is 68.9 Å². The number of hydrogen-bond donors (Lipinski definition) is 0. The van der Waals surface area contributed by atoms with E-state index in [9.17, 15) is 8.78 Å². The van der Waals surface area contributed by atoms with E-state index in [0.717, 1.165) is 17.6 Å². The molecule has 0 atom stereocenters. The minimum absolute atomic E-state index is 0.420. The van der Waals surface area contributed by atoms with Gasteiger partial charge in [-0.1, -0.05) is 44.0 Å². The fourth-order valence-electron chi connectivity index (χ4n) is 3.50. The lowest BCUT2D eigenvalue weighted by atomic mass is 9.77. The molecule has 0 heterocycles. The van der Waals surface area contributed by atoms with Crippen LogP contribution in [0, 0.1) is 5.92 Å². The SMILES string of the molecule is CCCC1CCC(c2ccc(CCC=C(F)F)cc2)CC1. The molecule has 1 aliphatic carbocycles. The second-order valence-corrected chi connectivity index (χ2v) is 6.28. The molecule has 0 unspecified atom stereocenters. The van der Waals surface area contributed by atoms with Crippen molar-refractivity contribution in [2.75, 3.05) is 0 Å². The Balaban J connectivity index is 1.84. The summed E-state index contributed by atoms with van der Waals surface area (Å²) in [6.45, 7) is 2.27. The first-order valence-corrected chi connectivity index (χ1v) is 8.29. The van der Waals surface area contributed by atoms with Gasteiger partial charge in [0.15, 0.2) is 0 Å². The third-order valence-electron chi connectivity index (χ3n) is 4.73. The Morgan fingerprint density at radius 1 is 1.10 bits per heavy atom. The highest BCUT2D eigenvalue weighted by atomic mass is 19.3. The molecule has 116 valence electrons. The van der Waals surface area contributed by atoms with Crippen LogP contribution < -0.4 is 0 Å². The van der Waals surface area contributed by atoms with Gasteiger partial charge in [0, 0.05) is 0 Å². The Morgan fingerprint density at radius 2 is 1.76 bits per heavy atom. The summed E-state index contributed by atoms with van der Waals surface area (Å²) in [6.07, 6.45) is 8.56. The third kappa shape index (κ3) is 5.26. The zero-order valence-electron chi connectivity index (χ0n) is 13.0. The molecular formula is C19H26F2. The number of halogens is 2. The number of hydrogen-bond acceptors (Lipinski definition) is 0. The Bertz CT molecular complexity index is 435. The van der Waals surface area contributed by atoms with Gasteiger partial charge in [0.25, 0.3) is 6.08 Å². The summed E-state index contributed by atoms with van der Waals surface area (Å²) in [7, 11) is 0. The zero-order chi connectivity index (χ0) is 15.1. The number of aryl methyl sites for hydroxylation is 1.